The Hall–Kier alpha value is -1.35. The van der Waals surface area contributed by atoms with Crippen LogP contribution in [0.1, 0.15) is 50.7 Å². The fourth-order valence-electron chi connectivity index (χ4n) is 3.06. The van der Waals surface area contributed by atoms with Crippen molar-refractivity contribution in [3.05, 3.63) is 16.1 Å². The summed E-state index contributed by atoms with van der Waals surface area (Å²) in [4.78, 5) is 10.8. The van der Waals surface area contributed by atoms with Crippen LogP contribution in [0.5, 0.6) is 0 Å². The van der Waals surface area contributed by atoms with Crippen molar-refractivity contribution in [1.82, 2.24) is 20.5 Å². The van der Waals surface area contributed by atoms with Gasteiger partial charge in [0.15, 0.2) is 11.7 Å². The van der Waals surface area contributed by atoms with E-state index >= 15 is 0 Å². The molecule has 0 spiro atoms. The molecule has 5 nitrogen and oxygen atoms in total. The van der Waals surface area contributed by atoms with E-state index in [2.05, 4.69) is 34.4 Å². The molecule has 0 aromatic carbocycles. The van der Waals surface area contributed by atoms with Gasteiger partial charge in [-0.05, 0) is 46.7 Å². The van der Waals surface area contributed by atoms with E-state index in [4.69, 9.17) is 4.99 Å². The van der Waals surface area contributed by atoms with Gasteiger partial charge in [-0.3, -0.25) is 9.89 Å². The normalized spacial score (nSPS) is 17.2. The summed E-state index contributed by atoms with van der Waals surface area (Å²) >= 11 is 1.04. The number of aliphatic imine (C=N–C) groups is 1. The van der Waals surface area contributed by atoms with E-state index in [0.29, 0.717) is 30.5 Å². The molecular weight excluding hydrogens is 375 g/mol. The van der Waals surface area contributed by atoms with Crippen LogP contribution in [0, 0.1) is 0 Å². The molecule has 0 atom stereocenters. The summed E-state index contributed by atoms with van der Waals surface area (Å²) in [7, 11) is 0. The minimum absolute atomic E-state index is 0.0142. The first-order chi connectivity index (χ1) is 12.7. The van der Waals surface area contributed by atoms with Gasteiger partial charge < -0.3 is 10.6 Å². The number of thiazole rings is 1. The summed E-state index contributed by atoms with van der Waals surface area (Å²) in [5.74, 6) is 0.690. The Bertz CT molecular complexity index is 606. The van der Waals surface area contributed by atoms with E-state index in [9.17, 15) is 13.2 Å². The molecule has 9 heteroatoms. The summed E-state index contributed by atoms with van der Waals surface area (Å²) in [5, 5.41) is 7.93. The van der Waals surface area contributed by atoms with Gasteiger partial charge in [0.25, 0.3) is 0 Å². The van der Waals surface area contributed by atoms with Crippen LogP contribution in [0.15, 0.2) is 10.4 Å². The van der Waals surface area contributed by atoms with Crippen molar-refractivity contribution in [2.75, 3.05) is 32.7 Å². The second-order valence-electron chi connectivity index (χ2n) is 7.36. The smallest absolute Gasteiger partial charge is 0.357 e. The summed E-state index contributed by atoms with van der Waals surface area (Å²) < 4.78 is 37.8. The Morgan fingerprint density at radius 1 is 1.22 bits per heavy atom. The molecule has 0 amide bonds. The first-order valence-electron chi connectivity index (χ1n) is 9.51. The largest absolute Gasteiger partial charge is 0.434 e. The Morgan fingerprint density at radius 2 is 1.93 bits per heavy atom. The van der Waals surface area contributed by atoms with Crippen LogP contribution in [0.3, 0.4) is 0 Å². The molecule has 154 valence electrons. The van der Waals surface area contributed by atoms with Crippen LogP contribution in [0.25, 0.3) is 0 Å². The van der Waals surface area contributed by atoms with Gasteiger partial charge in [0.1, 0.15) is 0 Å². The number of aromatic nitrogens is 1. The van der Waals surface area contributed by atoms with Crippen molar-refractivity contribution in [3.8, 4) is 0 Å². The fraction of sp³-hybridized carbons (Fsp3) is 0.778. The van der Waals surface area contributed by atoms with Gasteiger partial charge in [-0.15, -0.1) is 11.3 Å². The summed E-state index contributed by atoms with van der Waals surface area (Å²) in [6.45, 7) is 10.5. The number of hydrogen-bond donors (Lipinski definition) is 2. The minimum atomic E-state index is -4.38. The number of hydrogen-bond acceptors (Lipinski definition) is 4. The van der Waals surface area contributed by atoms with Crippen molar-refractivity contribution in [2.45, 2.75) is 58.2 Å². The van der Waals surface area contributed by atoms with Gasteiger partial charge in [0, 0.05) is 30.4 Å². The summed E-state index contributed by atoms with van der Waals surface area (Å²) in [6, 6.07) is 0. The topological polar surface area (TPSA) is 52.6 Å². The molecule has 1 aromatic heterocycles. The standard InChI is InChI=1S/C18H30F3N5S/c1-4-22-16(24-13-17(2,3)26-10-6-5-7-11-26)23-9-8-15-25-14(12-27-15)18(19,20)21/h12H,4-11,13H2,1-3H3,(H2,22,23,24). The van der Waals surface area contributed by atoms with E-state index < -0.39 is 11.9 Å². The van der Waals surface area contributed by atoms with Gasteiger partial charge in [0.2, 0.25) is 0 Å². The van der Waals surface area contributed by atoms with E-state index in [-0.39, 0.29) is 5.54 Å². The molecule has 1 aliphatic heterocycles. The lowest BCUT2D eigenvalue weighted by atomic mass is 9.99. The Balaban J connectivity index is 1.86. The summed E-state index contributed by atoms with van der Waals surface area (Å²) in [6.07, 6.45) is -0.176. The number of guanidine groups is 1. The maximum absolute atomic E-state index is 12.6. The number of halogens is 3. The maximum Gasteiger partial charge on any atom is 0.434 e. The molecule has 1 aromatic rings. The third kappa shape index (κ3) is 6.95. The second kappa shape index (κ2) is 9.73. The predicted molar refractivity (Wildman–Crippen MR) is 104 cm³/mol. The summed E-state index contributed by atoms with van der Waals surface area (Å²) in [5.41, 5.74) is -0.828. The lowest BCUT2D eigenvalue weighted by Crippen LogP contribution is -2.49. The average Bonchev–Trinajstić information content (AvgIpc) is 3.10. The van der Waals surface area contributed by atoms with Crippen LogP contribution in [0.2, 0.25) is 0 Å². The predicted octanol–water partition coefficient (Wildman–Crippen LogP) is 3.52. The molecule has 2 heterocycles. The number of alkyl halides is 3. The van der Waals surface area contributed by atoms with Crippen LogP contribution in [-0.2, 0) is 12.6 Å². The van der Waals surface area contributed by atoms with Gasteiger partial charge in [-0.25, -0.2) is 4.98 Å². The highest BCUT2D eigenvalue weighted by Gasteiger charge is 2.33. The van der Waals surface area contributed by atoms with E-state index in [1.54, 1.807) is 0 Å². The van der Waals surface area contributed by atoms with Gasteiger partial charge in [-0.1, -0.05) is 6.42 Å². The molecule has 0 radical (unpaired) electrons. The quantitative estimate of drug-likeness (QED) is 0.538. The minimum Gasteiger partial charge on any atom is -0.357 e. The molecule has 2 N–H and O–H groups in total. The van der Waals surface area contributed by atoms with Crippen LogP contribution in [0.4, 0.5) is 13.2 Å². The SMILES string of the molecule is CCNC(=NCC(C)(C)N1CCCCC1)NCCc1nc(C(F)(F)F)cs1. The molecule has 1 fully saturated rings. The maximum atomic E-state index is 12.6. The third-order valence-corrected chi connectivity index (χ3v) is 5.56. The van der Waals surface area contributed by atoms with Crippen LogP contribution in [-0.4, -0.2) is 54.1 Å². The Labute approximate surface area is 163 Å². The highest BCUT2D eigenvalue weighted by molar-refractivity contribution is 7.09. The Kier molecular flexibility index (Phi) is 7.91. The molecule has 0 bridgehead atoms. The molecule has 1 aliphatic rings. The van der Waals surface area contributed by atoms with Crippen molar-refractivity contribution < 1.29 is 13.2 Å². The van der Waals surface area contributed by atoms with Crippen molar-refractivity contribution >= 4 is 17.3 Å². The monoisotopic (exact) mass is 405 g/mol. The zero-order chi connectivity index (χ0) is 19.9. The van der Waals surface area contributed by atoms with Gasteiger partial charge >= 0.3 is 6.18 Å². The number of rotatable bonds is 7. The first-order valence-corrected chi connectivity index (χ1v) is 10.4. The zero-order valence-electron chi connectivity index (χ0n) is 16.3. The van der Waals surface area contributed by atoms with Crippen LogP contribution >= 0.6 is 11.3 Å². The molecule has 0 aliphatic carbocycles. The highest BCUT2D eigenvalue weighted by atomic mass is 32.1. The number of nitrogens with zero attached hydrogens (tertiary/aromatic N) is 3. The number of nitrogens with one attached hydrogen (secondary N) is 2. The second-order valence-corrected chi connectivity index (χ2v) is 8.30. The van der Waals surface area contributed by atoms with Gasteiger partial charge in [0.05, 0.1) is 11.6 Å². The lowest BCUT2D eigenvalue weighted by Gasteiger charge is -2.40. The zero-order valence-corrected chi connectivity index (χ0v) is 17.1. The van der Waals surface area contributed by atoms with Gasteiger partial charge in [-0.2, -0.15) is 13.2 Å². The molecular formula is C18H30F3N5S. The molecule has 0 unspecified atom stereocenters. The van der Waals surface area contributed by atoms with E-state index in [1.165, 1.54) is 19.3 Å². The van der Waals surface area contributed by atoms with Crippen molar-refractivity contribution in [2.24, 2.45) is 4.99 Å². The lowest BCUT2D eigenvalue weighted by molar-refractivity contribution is -0.140. The van der Waals surface area contributed by atoms with Crippen LogP contribution < -0.4 is 10.6 Å². The van der Waals surface area contributed by atoms with E-state index in [0.717, 1.165) is 36.4 Å². The number of likely N-dealkylation sites (tertiary alicyclic amines) is 1. The fourth-order valence-corrected chi connectivity index (χ4v) is 3.86. The molecule has 0 saturated carbocycles. The molecule has 27 heavy (non-hydrogen) atoms. The molecule has 2 rings (SSSR count). The van der Waals surface area contributed by atoms with E-state index in [1.807, 2.05) is 6.92 Å². The third-order valence-electron chi connectivity index (χ3n) is 4.65. The Morgan fingerprint density at radius 3 is 2.52 bits per heavy atom. The van der Waals surface area contributed by atoms with Crippen molar-refractivity contribution in [3.63, 3.8) is 0 Å². The highest BCUT2D eigenvalue weighted by Crippen LogP contribution is 2.30. The first kappa shape index (κ1) is 21.9. The van der Waals surface area contributed by atoms with Crippen molar-refractivity contribution in [1.29, 1.82) is 0 Å². The average molecular weight is 406 g/mol. The molecule has 1 saturated heterocycles. The number of piperidine rings is 1.